The predicted molar refractivity (Wildman–Crippen MR) is 79.6 cm³/mol. The number of nitrogens with zero attached hydrogens (tertiary/aromatic N) is 2. The highest BCUT2D eigenvalue weighted by molar-refractivity contribution is 9.09. The quantitative estimate of drug-likeness (QED) is 0.630. The van der Waals surface area contributed by atoms with Gasteiger partial charge in [0.2, 0.25) is 0 Å². The maximum Gasteiger partial charge on any atom is 0.255 e. The number of rotatable bonds is 3. The average Bonchev–Trinajstić information content (AvgIpc) is 2.92. The lowest BCUT2D eigenvalue weighted by atomic mass is 9.99. The van der Waals surface area contributed by atoms with Gasteiger partial charge >= 0.3 is 0 Å². The van der Waals surface area contributed by atoms with Crippen LogP contribution in [0.25, 0.3) is 0 Å². The number of benzene rings is 1. The minimum Gasteiger partial charge on any atom is -0.324 e. The Labute approximate surface area is 122 Å². The highest BCUT2D eigenvalue weighted by atomic mass is 79.9. The number of hydrogen-bond acceptors (Lipinski definition) is 2. The van der Waals surface area contributed by atoms with Gasteiger partial charge in [-0.05, 0) is 37.6 Å². The number of carbonyl (C=O) groups excluding carboxylic acids is 1. The van der Waals surface area contributed by atoms with E-state index in [-0.39, 0.29) is 10.9 Å². The minimum absolute atomic E-state index is 0.137. The second kappa shape index (κ2) is 5.63. The van der Waals surface area contributed by atoms with E-state index in [2.05, 4.69) is 26.9 Å². The molecule has 1 unspecified atom stereocenters. The second-order valence-electron chi connectivity index (χ2n) is 5.34. The first-order chi connectivity index (χ1) is 9.25. The molecule has 1 atom stereocenters. The Morgan fingerprint density at radius 3 is 2.68 bits per heavy atom. The first-order valence-corrected chi connectivity index (χ1v) is 7.92. The van der Waals surface area contributed by atoms with Crippen LogP contribution in [0.2, 0.25) is 0 Å². The maximum atomic E-state index is 12.5. The van der Waals surface area contributed by atoms with Crippen molar-refractivity contribution in [3.63, 3.8) is 0 Å². The van der Waals surface area contributed by atoms with E-state index in [1.807, 2.05) is 23.1 Å². The van der Waals surface area contributed by atoms with Crippen molar-refractivity contribution in [2.45, 2.75) is 24.2 Å². The van der Waals surface area contributed by atoms with E-state index in [1.165, 1.54) is 25.9 Å². The molecule has 0 saturated carbocycles. The van der Waals surface area contributed by atoms with Crippen molar-refractivity contribution in [3.05, 3.63) is 35.4 Å². The van der Waals surface area contributed by atoms with Gasteiger partial charge in [0.1, 0.15) is 0 Å². The van der Waals surface area contributed by atoms with Crippen LogP contribution >= 0.6 is 15.9 Å². The predicted octanol–water partition coefficient (Wildman–Crippen LogP) is 2.50. The fourth-order valence-corrected chi connectivity index (χ4v) is 3.72. The van der Waals surface area contributed by atoms with Crippen molar-refractivity contribution < 1.29 is 4.79 Å². The molecule has 1 aromatic rings. The second-order valence-corrected chi connectivity index (χ2v) is 6.40. The molecule has 0 radical (unpaired) electrons. The molecular weight excluding hydrogens is 304 g/mol. The fraction of sp³-hybridized carbons (Fsp3) is 0.533. The summed E-state index contributed by atoms with van der Waals surface area (Å²) in [4.78, 5) is 17.1. The summed E-state index contributed by atoms with van der Waals surface area (Å²) in [7, 11) is 0. The van der Waals surface area contributed by atoms with Crippen LogP contribution in [-0.2, 0) is 6.42 Å². The molecule has 3 rings (SSSR count). The minimum atomic E-state index is 0.137. The van der Waals surface area contributed by atoms with Crippen molar-refractivity contribution in [1.82, 2.24) is 9.80 Å². The van der Waals surface area contributed by atoms with E-state index in [1.54, 1.807) is 0 Å². The lowest BCUT2D eigenvalue weighted by molar-refractivity contribution is 0.0705. The number of alkyl halides is 1. The maximum absolute atomic E-state index is 12.5. The lowest BCUT2D eigenvalue weighted by Crippen LogP contribution is -2.45. The van der Waals surface area contributed by atoms with Crippen LogP contribution < -0.4 is 0 Å². The van der Waals surface area contributed by atoms with Crippen molar-refractivity contribution in [2.24, 2.45) is 0 Å². The molecule has 19 heavy (non-hydrogen) atoms. The lowest BCUT2D eigenvalue weighted by Gasteiger charge is -2.34. The Hall–Kier alpha value is -0.870. The molecule has 2 aliphatic heterocycles. The molecule has 0 aliphatic carbocycles. The summed E-state index contributed by atoms with van der Waals surface area (Å²) in [5, 5.41) is 0. The van der Waals surface area contributed by atoms with E-state index >= 15 is 0 Å². The van der Waals surface area contributed by atoms with E-state index in [4.69, 9.17) is 0 Å². The fourth-order valence-electron chi connectivity index (χ4n) is 2.98. The zero-order valence-electron chi connectivity index (χ0n) is 11.0. The van der Waals surface area contributed by atoms with Gasteiger partial charge in [0.25, 0.3) is 5.91 Å². The zero-order valence-corrected chi connectivity index (χ0v) is 12.6. The van der Waals surface area contributed by atoms with Crippen LogP contribution in [-0.4, -0.2) is 46.8 Å². The van der Waals surface area contributed by atoms with Gasteiger partial charge < -0.3 is 9.80 Å². The Morgan fingerprint density at radius 1 is 1.16 bits per heavy atom. The molecule has 4 heteroatoms. The third-order valence-electron chi connectivity index (χ3n) is 4.09. The Bertz CT molecular complexity index is 471. The largest absolute Gasteiger partial charge is 0.324 e. The summed E-state index contributed by atoms with van der Waals surface area (Å²) in [5.74, 6) is 0.169. The van der Waals surface area contributed by atoms with Gasteiger partial charge in [-0.1, -0.05) is 34.1 Å². The van der Waals surface area contributed by atoms with Gasteiger partial charge in [-0.2, -0.15) is 0 Å². The van der Waals surface area contributed by atoms with E-state index in [0.29, 0.717) is 0 Å². The zero-order chi connectivity index (χ0) is 13.2. The van der Waals surface area contributed by atoms with Gasteiger partial charge in [-0.15, -0.1) is 0 Å². The highest BCUT2D eigenvalue weighted by Gasteiger charge is 2.30. The van der Waals surface area contributed by atoms with Gasteiger partial charge in [0.15, 0.2) is 0 Å². The summed E-state index contributed by atoms with van der Waals surface area (Å²) in [6.45, 7) is 4.19. The van der Waals surface area contributed by atoms with E-state index in [9.17, 15) is 4.79 Å². The van der Waals surface area contributed by atoms with Gasteiger partial charge in [-0.25, -0.2) is 0 Å². The molecule has 1 saturated heterocycles. The average molecular weight is 323 g/mol. The molecule has 0 spiro atoms. The number of carbonyl (C=O) groups is 1. The number of halogens is 1. The molecule has 102 valence electrons. The third-order valence-corrected chi connectivity index (χ3v) is 4.91. The van der Waals surface area contributed by atoms with Crippen LogP contribution in [0.15, 0.2) is 24.3 Å². The van der Waals surface area contributed by atoms with Crippen LogP contribution in [0, 0.1) is 0 Å². The molecular formula is C15H19BrN2O. The smallest absolute Gasteiger partial charge is 0.255 e. The molecule has 2 aliphatic rings. The Balaban J connectivity index is 1.70. The summed E-state index contributed by atoms with van der Waals surface area (Å²) in [5.41, 5.74) is 2.03. The van der Waals surface area contributed by atoms with Gasteiger partial charge in [0, 0.05) is 25.1 Å². The molecule has 0 bridgehead atoms. The summed E-state index contributed by atoms with van der Waals surface area (Å²) < 4.78 is 0. The molecule has 0 aromatic heterocycles. The number of amides is 1. The molecule has 1 amide bonds. The number of fused-ring (bicyclic) bond motifs is 1. The van der Waals surface area contributed by atoms with Crippen molar-refractivity contribution >= 4 is 21.8 Å². The third kappa shape index (κ3) is 2.70. The molecule has 1 fully saturated rings. The van der Waals surface area contributed by atoms with Crippen molar-refractivity contribution in [1.29, 1.82) is 0 Å². The topological polar surface area (TPSA) is 23.6 Å². The summed E-state index contributed by atoms with van der Waals surface area (Å²) in [6, 6.07) is 7.95. The van der Waals surface area contributed by atoms with Crippen LogP contribution in [0.3, 0.4) is 0 Å². The van der Waals surface area contributed by atoms with Gasteiger partial charge in [-0.3, -0.25) is 4.79 Å². The van der Waals surface area contributed by atoms with Crippen LogP contribution in [0.5, 0.6) is 0 Å². The van der Waals surface area contributed by atoms with E-state index in [0.717, 1.165) is 30.6 Å². The number of likely N-dealkylation sites (tertiary alicyclic amines) is 1. The molecule has 3 nitrogen and oxygen atoms in total. The van der Waals surface area contributed by atoms with Crippen LogP contribution in [0.4, 0.5) is 0 Å². The highest BCUT2D eigenvalue weighted by Crippen LogP contribution is 2.26. The first-order valence-electron chi connectivity index (χ1n) is 7.01. The number of hydrogen-bond donors (Lipinski definition) is 0. The molecule has 1 aromatic carbocycles. The standard InChI is InChI=1S/C15H19BrN2O/c16-14-11-12-5-1-2-6-13(12)15(19)18(14)10-9-17-7-3-4-8-17/h1-2,5-6,14H,3-4,7-11H2. The summed E-state index contributed by atoms with van der Waals surface area (Å²) in [6.07, 6.45) is 3.50. The SMILES string of the molecule is O=C1c2ccccc2CC(Br)N1CCN1CCCC1. The molecule has 0 N–H and O–H groups in total. The van der Waals surface area contributed by atoms with Crippen molar-refractivity contribution in [3.8, 4) is 0 Å². The van der Waals surface area contributed by atoms with Crippen molar-refractivity contribution in [2.75, 3.05) is 26.2 Å². The first kappa shape index (κ1) is 13.1. The summed E-state index contributed by atoms with van der Waals surface area (Å²) >= 11 is 3.66. The Morgan fingerprint density at radius 2 is 1.89 bits per heavy atom. The van der Waals surface area contributed by atoms with Gasteiger partial charge in [0.05, 0.1) is 4.95 Å². The monoisotopic (exact) mass is 322 g/mol. The van der Waals surface area contributed by atoms with Crippen LogP contribution in [0.1, 0.15) is 28.8 Å². The van der Waals surface area contributed by atoms with E-state index < -0.39 is 0 Å². The molecule has 2 heterocycles. The normalized spacial score (nSPS) is 23.7. The Kier molecular flexibility index (Phi) is 3.89.